The Bertz CT molecular complexity index is 402. The highest BCUT2D eigenvalue weighted by molar-refractivity contribution is 5.85. The maximum atomic E-state index is 10.2. The summed E-state index contributed by atoms with van der Waals surface area (Å²) in [6.07, 6.45) is 3.91. The molecule has 4 heteroatoms. The first kappa shape index (κ1) is 18.3. The molecule has 3 N–H and O–H groups in total. The molecule has 0 unspecified atom stereocenters. The average Bonchev–Trinajstić information content (AvgIpc) is 2.98. The van der Waals surface area contributed by atoms with E-state index < -0.39 is 6.10 Å². The van der Waals surface area contributed by atoms with Crippen molar-refractivity contribution in [3.8, 4) is 0 Å². The highest BCUT2D eigenvalue weighted by Gasteiger charge is 2.18. The van der Waals surface area contributed by atoms with Crippen molar-refractivity contribution in [3.05, 3.63) is 29.8 Å². The van der Waals surface area contributed by atoms with Gasteiger partial charge in [0, 0.05) is 18.8 Å². The Balaban J connectivity index is 0.00000220. The Labute approximate surface area is 134 Å². The van der Waals surface area contributed by atoms with E-state index >= 15 is 0 Å². The Morgan fingerprint density at radius 3 is 2.19 bits per heavy atom. The summed E-state index contributed by atoms with van der Waals surface area (Å²) < 4.78 is 0. The van der Waals surface area contributed by atoms with E-state index in [2.05, 4.69) is 43.0 Å². The van der Waals surface area contributed by atoms with Crippen molar-refractivity contribution >= 4 is 18.1 Å². The molecule has 0 radical (unpaired) electrons. The van der Waals surface area contributed by atoms with Crippen molar-refractivity contribution in [1.82, 2.24) is 0 Å². The van der Waals surface area contributed by atoms with Crippen molar-refractivity contribution in [3.63, 3.8) is 0 Å². The zero-order valence-electron chi connectivity index (χ0n) is 13.2. The molecule has 0 amide bonds. The molecule has 1 aliphatic rings. The van der Waals surface area contributed by atoms with E-state index in [4.69, 9.17) is 5.73 Å². The lowest BCUT2D eigenvalue weighted by Gasteiger charge is -2.22. The van der Waals surface area contributed by atoms with E-state index in [1.54, 1.807) is 0 Å². The van der Waals surface area contributed by atoms with Gasteiger partial charge in [-0.15, -0.1) is 12.4 Å². The summed E-state index contributed by atoms with van der Waals surface area (Å²) in [5.41, 5.74) is 8.47. The minimum Gasteiger partial charge on any atom is -0.391 e. The van der Waals surface area contributed by atoms with Crippen LogP contribution in [0.1, 0.15) is 51.1 Å². The van der Waals surface area contributed by atoms with Crippen LogP contribution in [0.3, 0.4) is 0 Å². The zero-order valence-corrected chi connectivity index (χ0v) is 14.0. The van der Waals surface area contributed by atoms with E-state index in [0.29, 0.717) is 5.92 Å². The number of anilines is 1. The van der Waals surface area contributed by atoms with Gasteiger partial charge in [0.15, 0.2) is 0 Å². The van der Waals surface area contributed by atoms with Crippen molar-refractivity contribution in [2.75, 3.05) is 18.0 Å². The number of rotatable bonds is 6. The lowest BCUT2D eigenvalue weighted by atomic mass is 9.96. The molecule has 2 rings (SSSR count). The first-order valence-corrected chi connectivity index (χ1v) is 7.86. The third-order valence-corrected chi connectivity index (χ3v) is 4.20. The molecule has 0 spiro atoms. The van der Waals surface area contributed by atoms with Gasteiger partial charge in [0.25, 0.3) is 0 Å². The first-order valence-electron chi connectivity index (χ1n) is 7.86. The van der Waals surface area contributed by atoms with E-state index in [1.165, 1.54) is 18.5 Å². The molecule has 0 aliphatic carbocycles. The molecule has 1 aliphatic heterocycles. The van der Waals surface area contributed by atoms with Crippen LogP contribution in [0.4, 0.5) is 5.69 Å². The molecular weight excluding hydrogens is 284 g/mol. The summed E-state index contributed by atoms with van der Waals surface area (Å²) in [7, 11) is 0. The van der Waals surface area contributed by atoms with Crippen LogP contribution < -0.4 is 10.6 Å². The van der Waals surface area contributed by atoms with Gasteiger partial charge in [-0.3, -0.25) is 0 Å². The van der Waals surface area contributed by atoms with Crippen molar-refractivity contribution < 1.29 is 5.11 Å². The molecule has 120 valence electrons. The molecule has 1 heterocycles. The molecule has 0 aromatic heterocycles. The number of nitrogens with zero attached hydrogens (tertiary/aromatic N) is 1. The van der Waals surface area contributed by atoms with E-state index in [-0.39, 0.29) is 18.4 Å². The summed E-state index contributed by atoms with van der Waals surface area (Å²) in [4.78, 5) is 2.41. The van der Waals surface area contributed by atoms with E-state index in [1.807, 2.05) is 0 Å². The summed E-state index contributed by atoms with van der Waals surface area (Å²) >= 11 is 0. The molecule has 2 atom stereocenters. The Morgan fingerprint density at radius 2 is 1.67 bits per heavy atom. The number of nitrogens with two attached hydrogens (primary N) is 1. The fraction of sp³-hybridized carbons (Fsp3) is 0.647. The normalized spacial score (nSPS) is 17.7. The van der Waals surface area contributed by atoms with Gasteiger partial charge in [0.2, 0.25) is 0 Å². The molecule has 0 saturated carbocycles. The summed E-state index contributed by atoms with van der Waals surface area (Å²) in [6.45, 7) is 6.65. The van der Waals surface area contributed by atoms with Crippen molar-refractivity contribution in [2.24, 2.45) is 11.7 Å². The van der Waals surface area contributed by atoms with Crippen LogP contribution in [0.25, 0.3) is 0 Å². The monoisotopic (exact) mass is 312 g/mol. The highest BCUT2D eigenvalue weighted by atomic mass is 35.5. The SMILES string of the molecule is CC(C)CC[C@H](O)[C@H](N)c1ccc(N2CCCC2)cc1.Cl. The zero-order chi connectivity index (χ0) is 14.5. The van der Waals surface area contributed by atoms with Gasteiger partial charge < -0.3 is 15.7 Å². The largest absolute Gasteiger partial charge is 0.391 e. The van der Waals surface area contributed by atoms with Gasteiger partial charge in [-0.2, -0.15) is 0 Å². The summed E-state index contributed by atoms with van der Waals surface area (Å²) in [5.74, 6) is 0.606. The highest BCUT2D eigenvalue weighted by Crippen LogP contribution is 2.24. The molecule has 3 nitrogen and oxygen atoms in total. The lowest BCUT2D eigenvalue weighted by Crippen LogP contribution is -2.26. The average molecular weight is 313 g/mol. The van der Waals surface area contributed by atoms with Crippen molar-refractivity contribution in [1.29, 1.82) is 0 Å². The molecule has 1 aromatic carbocycles. The van der Waals surface area contributed by atoms with E-state index in [9.17, 15) is 5.11 Å². The topological polar surface area (TPSA) is 49.5 Å². The fourth-order valence-electron chi connectivity index (χ4n) is 2.79. The number of aliphatic hydroxyl groups is 1. The minimum absolute atomic E-state index is 0. The van der Waals surface area contributed by atoms with Gasteiger partial charge >= 0.3 is 0 Å². The number of aliphatic hydroxyl groups excluding tert-OH is 1. The van der Waals surface area contributed by atoms with Crippen LogP contribution in [0.5, 0.6) is 0 Å². The maximum Gasteiger partial charge on any atom is 0.0732 e. The number of benzene rings is 1. The van der Waals surface area contributed by atoms with Crippen LogP contribution in [-0.2, 0) is 0 Å². The second kappa shape index (κ2) is 8.62. The van der Waals surface area contributed by atoms with Gasteiger partial charge in [-0.1, -0.05) is 26.0 Å². The third-order valence-electron chi connectivity index (χ3n) is 4.20. The number of hydrogen-bond acceptors (Lipinski definition) is 3. The second-order valence-electron chi connectivity index (χ2n) is 6.35. The van der Waals surface area contributed by atoms with Gasteiger partial charge in [-0.25, -0.2) is 0 Å². The molecule has 1 saturated heterocycles. The molecule has 0 bridgehead atoms. The third kappa shape index (κ3) is 5.17. The van der Waals surface area contributed by atoms with Crippen molar-refractivity contribution in [2.45, 2.75) is 51.7 Å². The standard InChI is InChI=1S/C17H28N2O.ClH/c1-13(2)5-10-16(20)17(18)14-6-8-15(9-7-14)19-11-3-4-12-19;/h6-9,13,16-17,20H,3-5,10-12,18H2,1-2H3;1H/t16-,17+;/m0./s1. The van der Waals surface area contributed by atoms with Crippen LogP contribution >= 0.6 is 12.4 Å². The fourth-order valence-corrected chi connectivity index (χ4v) is 2.79. The number of halogens is 1. The molecule has 1 fully saturated rings. The predicted octanol–water partition coefficient (Wildman–Crippen LogP) is 3.51. The van der Waals surface area contributed by atoms with Crippen LogP contribution in [0.2, 0.25) is 0 Å². The first-order chi connectivity index (χ1) is 9.58. The van der Waals surface area contributed by atoms with Gasteiger partial charge in [0.1, 0.15) is 0 Å². The predicted molar refractivity (Wildman–Crippen MR) is 92.1 cm³/mol. The molecular formula is C17H29ClN2O. The Kier molecular flexibility index (Phi) is 7.50. The minimum atomic E-state index is -0.449. The quantitative estimate of drug-likeness (QED) is 0.845. The molecule has 1 aromatic rings. The second-order valence-corrected chi connectivity index (χ2v) is 6.35. The summed E-state index contributed by atoms with van der Waals surface area (Å²) in [5, 5.41) is 10.2. The van der Waals surface area contributed by atoms with Crippen LogP contribution in [0.15, 0.2) is 24.3 Å². The maximum absolute atomic E-state index is 10.2. The molecule has 21 heavy (non-hydrogen) atoms. The van der Waals surface area contributed by atoms with Gasteiger partial charge in [-0.05, 0) is 49.3 Å². The smallest absolute Gasteiger partial charge is 0.0732 e. The van der Waals surface area contributed by atoms with Gasteiger partial charge in [0.05, 0.1) is 12.1 Å². The summed E-state index contributed by atoms with van der Waals surface area (Å²) in [6, 6.07) is 8.13. The van der Waals surface area contributed by atoms with Crippen LogP contribution in [0, 0.1) is 5.92 Å². The Hall–Kier alpha value is -0.770. The Morgan fingerprint density at radius 1 is 1.10 bits per heavy atom. The number of hydrogen-bond donors (Lipinski definition) is 2. The van der Waals surface area contributed by atoms with Crippen LogP contribution in [-0.4, -0.2) is 24.3 Å². The lowest BCUT2D eigenvalue weighted by molar-refractivity contribution is 0.128. The van der Waals surface area contributed by atoms with E-state index in [0.717, 1.165) is 31.5 Å².